The standard InChI is InChI=1S/C19H17F2N3O/c20-14-8-7-12(10-15(14)21)19(25)24-9-3-4-13(11-24)18-22-16-5-1-2-6-17(16)23-18/h1-2,5-8,10,13H,3-4,9,11H2,(H,22,23). The molecule has 1 N–H and O–H groups in total. The van der Waals surface area contributed by atoms with Crippen LogP contribution in [0.2, 0.25) is 0 Å². The second-order valence-corrected chi connectivity index (χ2v) is 6.36. The van der Waals surface area contributed by atoms with Crippen LogP contribution in [-0.4, -0.2) is 33.9 Å². The number of carbonyl (C=O) groups is 1. The Hall–Kier alpha value is -2.76. The number of benzene rings is 2. The van der Waals surface area contributed by atoms with E-state index in [1.165, 1.54) is 6.07 Å². The molecule has 2 aromatic carbocycles. The largest absolute Gasteiger partial charge is 0.342 e. The molecule has 4 nitrogen and oxygen atoms in total. The fourth-order valence-electron chi connectivity index (χ4n) is 3.36. The van der Waals surface area contributed by atoms with Gasteiger partial charge in [-0.25, -0.2) is 13.8 Å². The van der Waals surface area contributed by atoms with Crippen LogP contribution in [0.15, 0.2) is 42.5 Å². The number of nitrogens with zero attached hydrogens (tertiary/aromatic N) is 2. The lowest BCUT2D eigenvalue weighted by molar-refractivity contribution is 0.0704. The Morgan fingerprint density at radius 1 is 1.16 bits per heavy atom. The Labute approximate surface area is 143 Å². The minimum absolute atomic E-state index is 0.107. The van der Waals surface area contributed by atoms with Gasteiger partial charge in [0.2, 0.25) is 0 Å². The molecule has 1 aromatic heterocycles. The van der Waals surface area contributed by atoms with Crippen LogP contribution in [0.25, 0.3) is 11.0 Å². The van der Waals surface area contributed by atoms with Gasteiger partial charge in [-0.3, -0.25) is 4.79 Å². The van der Waals surface area contributed by atoms with Gasteiger partial charge in [-0.05, 0) is 43.2 Å². The fourth-order valence-corrected chi connectivity index (χ4v) is 3.36. The number of likely N-dealkylation sites (tertiary alicyclic amines) is 1. The minimum atomic E-state index is -1.00. The Morgan fingerprint density at radius 3 is 2.80 bits per heavy atom. The molecule has 6 heteroatoms. The zero-order valence-electron chi connectivity index (χ0n) is 13.5. The van der Waals surface area contributed by atoms with Crippen molar-refractivity contribution in [2.75, 3.05) is 13.1 Å². The highest BCUT2D eigenvalue weighted by Gasteiger charge is 2.27. The summed E-state index contributed by atoms with van der Waals surface area (Å²) in [5, 5.41) is 0. The van der Waals surface area contributed by atoms with E-state index in [2.05, 4.69) is 9.97 Å². The number of halogens is 2. The van der Waals surface area contributed by atoms with Crippen molar-refractivity contribution < 1.29 is 13.6 Å². The molecular weight excluding hydrogens is 324 g/mol. The van der Waals surface area contributed by atoms with Gasteiger partial charge >= 0.3 is 0 Å². The predicted molar refractivity (Wildman–Crippen MR) is 90.3 cm³/mol. The van der Waals surface area contributed by atoms with Gasteiger partial charge < -0.3 is 9.88 Å². The highest BCUT2D eigenvalue weighted by Crippen LogP contribution is 2.27. The number of amides is 1. The monoisotopic (exact) mass is 341 g/mol. The van der Waals surface area contributed by atoms with Crippen LogP contribution in [-0.2, 0) is 0 Å². The van der Waals surface area contributed by atoms with Gasteiger partial charge in [-0.2, -0.15) is 0 Å². The first-order valence-corrected chi connectivity index (χ1v) is 8.31. The summed E-state index contributed by atoms with van der Waals surface area (Å²) in [5.74, 6) is -1.26. The summed E-state index contributed by atoms with van der Waals surface area (Å²) in [5.41, 5.74) is 2.05. The van der Waals surface area contributed by atoms with Gasteiger partial charge in [0.15, 0.2) is 11.6 Å². The van der Waals surface area contributed by atoms with Crippen molar-refractivity contribution >= 4 is 16.9 Å². The van der Waals surface area contributed by atoms with E-state index in [1.807, 2.05) is 24.3 Å². The molecule has 1 saturated heterocycles. The smallest absolute Gasteiger partial charge is 0.253 e. The zero-order valence-corrected chi connectivity index (χ0v) is 13.5. The highest BCUT2D eigenvalue weighted by molar-refractivity contribution is 5.94. The van der Waals surface area contributed by atoms with Crippen LogP contribution in [0.5, 0.6) is 0 Å². The third-order valence-electron chi connectivity index (χ3n) is 4.67. The molecule has 0 aliphatic carbocycles. The number of aromatic amines is 1. The van der Waals surface area contributed by atoms with Crippen LogP contribution in [0.1, 0.15) is 34.9 Å². The molecule has 1 atom stereocenters. The zero-order chi connectivity index (χ0) is 17.4. The molecule has 1 aliphatic heterocycles. The molecule has 0 spiro atoms. The number of piperidine rings is 1. The summed E-state index contributed by atoms with van der Waals surface area (Å²) in [6, 6.07) is 11.1. The summed E-state index contributed by atoms with van der Waals surface area (Å²) >= 11 is 0. The number of rotatable bonds is 2. The molecule has 3 aromatic rings. The molecule has 128 valence electrons. The van der Waals surface area contributed by atoms with E-state index < -0.39 is 11.6 Å². The number of hydrogen-bond donors (Lipinski definition) is 1. The lowest BCUT2D eigenvalue weighted by Crippen LogP contribution is -2.39. The van der Waals surface area contributed by atoms with E-state index >= 15 is 0 Å². The number of imidazole rings is 1. The first-order chi connectivity index (χ1) is 12.1. The van der Waals surface area contributed by atoms with Crippen LogP contribution < -0.4 is 0 Å². The number of H-pyrrole nitrogens is 1. The van der Waals surface area contributed by atoms with Crippen LogP contribution in [0.4, 0.5) is 8.78 Å². The lowest BCUT2D eigenvalue weighted by Gasteiger charge is -2.32. The van der Waals surface area contributed by atoms with Crippen LogP contribution in [0.3, 0.4) is 0 Å². The lowest BCUT2D eigenvalue weighted by atomic mass is 9.96. The van der Waals surface area contributed by atoms with E-state index in [-0.39, 0.29) is 17.4 Å². The molecule has 25 heavy (non-hydrogen) atoms. The topological polar surface area (TPSA) is 49.0 Å². The second kappa shape index (κ2) is 6.27. The van der Waals surface area contributed by atoms with Gasteiger partial charge in [0, 0.05) is 24.6 Å². The van der Waals surface area contributed by atoms with Crippen molar-refractivity contribution in [2.45, 2.75) is 18.8 Å². The van der Waals surface area contributed by atoms with E-state index in [1.54, 1.807) is 4.90 Å². The summed E-state index contributed by atoms with van der Waals surface area (Å²) in [7, 11) is 0. The van der Waals surface area contributed by atoms with Gasteiger partial charge in [0.25, 0.3) is 5.91 Å². The molecule has 2 heterocycles. The van der Waals surface area contributed by atoms with Crippen molar-refractivity contribution in [3.63, 3.8) is 0 Å². The molecule has 1 aliphatic rings. The molecule has 1 amide bonds. The molecular formula is C19H17F2N3O. The van der Waals surface area contributed by atoms with E-state index in [0.717, 1.165) is 41.8 Å². The number of hydrogen-bond acceptors (Lipinski definition) is 2. The number of fused-ring (bicyclic) bond motifs is 1. The number of para-hydroxylation sites is 2. The van der Waals surface area contributed by atoms with E-state index in [0.29, 0.717) is 13.1 Å². The first-order valence-electron chi connectivity index (χ1n) is 8.31. The summed E-state index contributed by atoms with van der Waals surface area (Å²) in [6.07, 6.45) is 1.78. The molecule has 1 fully saturated rings. The highest BCUT2D eigenvalue weighted by atomic mass is 19.2. The average molecular weight is 341 g/mol. The predicted octanol–water partition coefficient (Wildman–Crippen LogP) is 3.86. The van der Waals surface area contributed by atoms with E-state index in [4.69, 9.17) is 0 Å². The fraction of sp³-hybridized carbons (Fsp3) is 0.263. The molecule has 0 bridgehead atoms. The second-order valence-electron chi connectivity index (χ2n) is 6.36. The maximum Gasteiger partial charge on any atom is 0.253 e. The Kier molecular flexibility index (Phi) is 3.95. The SMILES string of the molecule is O=C(c1ccc(F)c(F)c1)N1CCCC(c2nc3ccccc3[nH]2)C1. The summed E-state index contributed by atoms with van der Waals surface area (Å²) < 4.78 is 26.5. The maximum atomic E-state index is 13.4. The third kappa shape index (κ3) is 2.99. The maximum absolute atomic E-state index is 13.4. The molecule has 1 unspecified atom stereocenters. The third-order valence-corrected chi connectivity index (χ3v) is 4.67. The van der Waals surface area contributed by atoms with Gasteiger partial charge in [-0.1, -0.05) is 12.1 Å². The number of carbonyl (C=O) groups excluding carboxylic acids is 1. The van der Waals surface area contributed by atoms with Gasteiger partial charge in [0.05, 0.1) is 11.0 Å². The number of nitrogens with one attached hydrogen (secondary N) is 1. The van der Waals surface area contributed by atoms with Gasteiger partial charge in [-0.15, -0.1) is 0 Å². The van der Waals surface area contributed by atoms with Crippen molar-refractivity contribution in [3.05, 3.63) is 65.5 Å². The molecule has 0 saturated carbocycles. The Balaban J connectivity index is 1.55. The first kappa shape index (κ1) is 15.7. The van der Waals surface area contributed by atoms with E-state index in [9.17, 15) is 13.6 Å². The number of aromatic nitrogens is 2. The van der Waals surface area contributed by atoms with Crippen LogP contribution in [0, 0.1) is 11.6 Å². The summed E-state index contributed by atoms with van der Waals surface area (Å²) in [6.45, 7) is 1.12. The van der Waals surface area contributed by atoms with Crippen molar-refractivity contribution in [3.8, 4) is 0 Å². The summed E-state index contributed by atoms with van der Waals surface area (Å²) in [4.78, 5) is 22.3. The van der Waals surface area contributed by atoms with Crippen molar-refractivity contribution in [1.29, 1.82) is 0 Å². The Bertz CT molecular complexity index is 904. The normalized spacial score (nSPS) is 17.8. The van der Waals surface area contributed by atoms with Crippen molar-refractivity contribution in [2.24, 2.45) is 0 Å². The van der Waals surface area contributed by atoms with Gasteiger partial charge in [0.1, 0.15) is 5.82 Å². The average Bonchev–Trinajstić information content (AvgIpc) is 3.08. The van der Waals surface area contributed by atoms with Crippen LogP contribution >= 0.6 is 0 Å². The quantitative estimate of drug-likeness (QED) is 0.769. The molecule has 4 rings (SSSR count). The minimum Gasteiger partial charge on any atom is -0.342 e. The molecule has 0 radical (unpaired) electrons. The van der Waals surface area contributed by atoms with Crippen molar-refractivity contribution in [1.82, 2.24) is 14.9 Å². The Morgan fingerprint density at radius 2 is 2.00 bits per heavy atom.